The number of hydrogen-bond acceptors (Lipinski definition) is 3. The number of halogens is 1. The summed E-state index contributed by atoms with van der Waals surface area (Å²) in [4.78, 5) is 11.5. The van der Waals surface area contributed by atoms with Crippen molar-refractivity contribution in [2.24, 2.45) is 0 Å². The van der Waals surface area contributed by atoms with Crippen molar-refractivity contribution in [1.29, 1.82) is 0 Å². The lowest BCUT2D eigenvalue weighted by molar-refractivity contribution is -0.121. The minimum atomic E-state index is -0.286. The third-order valence-electron chi connectivity index (χ3n) is 2.73. The van der Waals surface area contributed by atoms with E-state index < -0.39 is 0 Å². The molecule has 0 saturated carbocycles. The highest BCUT2D eigenvalue weighted by Crippen LogP contribution is 2.11. The number of amides is 1. The molecule has 0 aliphatic heterocycles. The van der Waals surface area contributed by atoms with Crippen LogP contribution in [0.5, 0.6) is 0 Å². The summed E-state index contributed by atoms with van der Waals surface area (Å²) < 4.78 is 18.3. The molecule has 1 amide bonds. The topological polar surface area (TPSA) is 50.4 Å². The maximum Gasteiger partial charge on any atom is 0.220 e. The first-order valence-electron chi connectivity index (χ1n) is 6.35. The smallest absolute Gasteiger partial charge is 0.220 e. The Balaban J connectivity index is 2.44. The molecule has 0 heterocycles. The van der Waals surface area contributed by atoms with Crippen LogP contribution in [0.15, 0.2) is 18.2 Å². The predicted molar refractivity (Wildman–Crippen MR) is 72.1 cm³/mol. The van der Waals surface area contributed by atoms with Gasteiger partial charge in [0.25, 0.3) is 0 Å². The zero-order valence-electron chi connectivity index (χ0n) is 11.5. The number of hydrogen-bond donors (Lipinski definition) is 2. The Labute approximate surface area is 113 Å². The lowest BCUT2D eigenvalue weighted by Gasteiger charge is -2.08. The van der Waals surface area contributed by atoms with Gasteiger partial charge in [-0.05, 0) is 37.7 Å². The molecule has 0 aliphatic rings. The molecule has 0 aromatic heterocycles. The van der Waals surface area contributed by atoms with Crippen LogP contribution in [0.4, 0.5) is 4.39 Å². The van der Waals surface area contributed by atoms with E-state index >= 15 is 0 Å². The second kappa shape index (κ2) is 8.61. The molecule has 0 unspecified atom stereocenters. The second-order valence-electron chi connectivity index (χ2n) is 4.34. The van der Waals surface area contributed by atoms with E-state index in [0.29, 0.717) is 18.5 Å². The number of rotatable bonds is 8. The first-order chi connectivity index (χ1) is 9.17. The Morgan fingerprint density at radius 3 is 2.89 bits per heavy atom. The van der Waals surface area contributed by atoms with Gasteiger partial charge < -0.3 is 15.4 Å². The van der Waals surface area contributed by atoms with Gasteiger partial charge in [-0.2, -0.15) is 0 Å². The van der Waals surface area contributed by atoms with Gasteiger partial charge in [0, 0.05) is 25.6 Å². The van der Waals surface area contributed by atoms with Crippen molar-refractivity contribution in [2.75, 3.05) is 20.7 Å². The molecule has 2 N–H and O–H groups in total. The maximum absolute atomic E-state index is 13.4. The standard InChI is InChI=1S/C14H21FN2O2/c1-16-7-3-4-14(18)17-9-11-5-6-13(15)12(8-11)10-19-2/h5-6,8,16H,3-4,7,9-10H2,1-2H3,(H,17,18). The Morgan fingerprint density at radius 2 is 2.21 bits per heavy atom. The van der Waals surface area contributed by atoms with E-state index in [9.17, 15) is 9.18 Å². The summed E-state index contributed by atoms with van der Waals surface area (Å²) in [7, 11) is 3.38. The van der Waals surface area contributed by atoms with E-state index in [2.05, 4.69) is 10.6 Å². The van der Waals surface area contributed by atoms with Crippen LogP contribution in [0.1, 0.15) is 24.0 Å². The molecular formula is C14H21FN2O2. The van der Waals surface area contributed by atoms with Crippen molar-refractivity contribution >= 4 is 5.91 Å². The average molecular weight is 268 g/mol. The van der Waals surface area contributed by atoms with E-state index in [0.717, 1.165) is 18.5 Å². The molecule has 0 aliphatic carbocycles. The Kier molecular flexibility index (Phi) is 7.07. The summed E-state index contributed by atoms with van der Waals surface area (Å²) in [5, 5.41) is 5.81. The molecule has 1 rings (SSSR count). The molecule has 0 radical (unpaired) electrons. The molecule has 1 aromatic carbocycles. The number of nitrogens with one attached hydrogen (secondary N) is 2. The zero-order chi connectivity index (χ0) is 14.1. The summed E-state index contributed by atoms with van der Waals surface area (Å²) in [6.45, 7) is 1.47. The van der Waals surface area contributed by atoms with Crippen molar-refractivity contribution in [3.05, 3.63) is 35.1 Å². The fourth-order valence-corrected chi connectivity index (χ4v) is 1.72. The van der Waals surface area contributed by atoms with Crippen LogP contribution in [0.2, 0.25) is 0 Å². The van der Waals surface area contributed by atoms with Gasteiger partial charge in [0.15, 0.2) is 0 Å². The molecule has 106 valence electrons. The third kappa shape index (κ3) is 5.81. The van der Waals surface area contributed by atoms with Crippen LogP contribution in [0.3, 0.4) is 0 Å². The van der Waals surface area contributed by atoms with E-state index in [4.69, 9.17) is 4.74 Å². The SMILES string of the molecule is CNCCCC(=O)NCc1ccc(F)c(COC)c1. The Hall–Kier alpha value is -1.46. The van der Waals surface area contributed by atoms with Crippen LogP contribution in [-0.4, -0.2) is 26.6 Å². The lowest BCUT2D eigenvalue weighted by atomic mass is 10.1. The summed E-state index contributed by atoms with van der Waals surface area (Å²) in [5.74, 6) is -0.279. The highest BCUT2D eigenvalue weighted by atomic mass is 19.1. The lowest BCUT2D eigenvalue weighted by Crippen LogP contribution is -2.23. The highest BCUT2D eigenvalue weighted by molar-refractivity contribution is 5.75. The van der Waals surface area contributed by atoms with Crippen molar-refractivity contribution < 1.29 is 13.9 Å². The van der Waals surface area contributed by atoms with Crippen molar-refractivity contribution in [1.82, 2.24) is 10.6 Å². The van der Waals surface area contributed by atoms with Crippen LogP contribution < -0.4 is 10.6 Å². The van der Waals surface area contributed by atoms with Gasteiger partial charge in [0.2, 0.25) is 5.91 Å². The molecule has 4 nitrogen and oxygen atoms in total. The summed E-state index contributed by atoms with van der Waals surface area (Å²) >= 11 is 0. The van der Waals surface area contributed by atoms with Gasteiger partial charge in [-0.3, -0.25) is 4.79 Å². The molecule has 0 spiro atoms. The van der Waals surface area contributed by atoms with E-state index in [1.807, 2.05) is 7.05 Å². The molecule has 19 heavy (non-hydrogen) atoms. The van der Waals surface area contributed by atoms with E-state index in [1.54, 1.807) is 12.1 Å². The van der Waals surface area contributed by atoms with Crippen LogP contribution >= 0.6 is 0 Å². The molecular weight excluding hydrogens is 247 g/mol. The van der Waals surface area contributed by atoms with Crippen LogP contribution in [0, 0.1) is 5.82 Å². The fraction of sp³-hybridized carbons (Fsp3) is 0.500. The maximum atomic E-state index is 13.4. The molecule has 0 atom stereocenters. The quantitative estimate of drug-likeness (QED) is 0.704. The van der Waals surface area contributed by atoms with Gasteiger partial charge in [0.05, 0.1) is 6.61 Å². The van der Waals surface area contributed by atoms with Crippen LogP contribution in [0.25, 0.3) is 0 Å². The van der Waals surface area contributed by atoms with Gasteiger partial charge in [-0.1, -0.05) is 6.07 Å². The highest BCUT2D eigenvalue weighted by Gasteiger charge is 2.05. The Morgan fingerprint density at radius 1 is 1.42 bits per heavy atom. The summed E-state index contributed by atoms with van der Waals surface area (Å²) in [6.07, 6.45) is 1.30. The number of methoxy groups -OCH3 is 1. The summed E-state index contributed by atoms with van der Waals surface area (Å²) in [5.41, 5.74) is 1.37. The first-order valence-corrected chi connectivity index (χ1v) is 6.35. The Bertz CT molecular complexity index is 410. The van der Waals surface area contributed by atoms with E-state index in [-0.39, 0.29) is 18.3 Å². The molecule has 0 bridgehead atoms. The van der Waals surface area contributed by atoms with Crippen LogP contribution in [-0.2, 0) is 22.7 Å². The monoisotopic (exact) mass is 268 g/mol. The molecule has 5 heteroatoms. The van der Waals surface area contributed by atoms with E-state index in [1.165, 1.54) is 13.2 Å². The van der Waals surface area contributed by atoms with Crippen molar-refractivity contribution in [2.45, 2.75) is 26.0 Å². The average Bonchev–Trinajstić information content (AvgIpc) is 2.40. The summed E-state index contributed by atoms with van der Waals surface area (Å²) in [6, 6.07) is 4.78. The number of carbonyl (C=O) groups is 1. The largest absolute Gasteiger partial charge is 0.380 e. The van der Waals surface area contributed by atoms with Crippen molar-refractivity contribution in [3.8, 4) is 0 Å². The van der Waals surface area contributed by atoms with Gasteiger partial charge >= 0.3 is 0 Å². The first kappa shape index (κ1) is 15.6. The molecule has 0 fully saturated rings. The van der Waals surface area contributed by atoms with Gasteiger partial charge in [0.1, 0.15) is 5.82 Å². The zero-order valence-corrected chi connectivity index (χ0v) is 11.5. The third-order valence-corrected chi connectivity index (χ3v) is 2.73. The molecule has 1 aromatic rings. The predicted octanol–water partition coefficient (Wildman–Crippen LogP) is 1.59. The van der Waals surface area contributed by atoms with Crippen molar-refractivity contribution in [3.63, 3.8) is 0 Å². The number of benzene rings is 1. The molecule has 0 saturated heterocycles. The normalized spacial score (nSPS) is 10.5. The van der Waals surface area contributed by atoms with Gasteiger partial charge in [-0.15, -0.1) is 0 Å². The minimum absolute atomic E-state index is 0.00728. The number of carbonyl (C=O) groups excluding carboxylic acids is 1. The fourth-order valence-electron chi connectivity index (χ4n) is 1.72. The van der Waals surface area contributed by atoms with Gasteiger partial charge in [-0.25, -0.2) is 4.39 Å². The number of ether oxygens (including phenoxy) is 1. The minimum Gasteiger partial charge on any atom is -0.380 e. The second-order valence-corrected chi connectivity index (χ2v) is 4.34.